The molecule has 0 saturated carbocycles. The smallest absolute Gasteiger partial charge is 0.360 e. The number of rotatable bonds is 5. The molecule has 0 atom stereocenters. The fourth-order valence-corrected chi connectivity index (χ4v) is 3.16. The molecule has 1 heterocycles. The van der Waals surface area contributed by atoms with Gasteiger partial charge in [-0.05, 0) is 11.1 Å². The molecule has 0 aliphatic rings. The van der Waals surface area contributed by atoms with Crippen molar-refractivity contribution in [3.63, 3.8) is 0 Å². The maximum absolute atomic E-state index is 12.5. The normalized spacial score (nSPS) is 10.7. The van der Waals surface area contributed by atoms with Crippen LogP contribution in [0.5, 0.6) is 5.75 Å². The Morgan fingerprint density at radius 2 is 1.57 bits per heavy atom. The fraction of sp³-hybridized carbons (Fsp3) is 0.190. The molecular formula is C21H21N3O4. The van der Waals surface area contributed by atoms with Gasteiger partial charge in [-0.1, -0.05) is 60.7 Å². The maximum atomic E-state index is 12.5. The van der Waals surface area contributed by atoms with E-state index in [0.717, 1.165) is 11.1 Å². The van der Waals surface area contributed by atoms with E-state index in [4.69, 9.17) is 0 Å². The van der Waals surface area contributed by atoms with Crippen molar-refractivity contribution in [3.8, 4) is 5.75 Å². The van der Waals surface area contributed by atoms with E-state index in [0.29, 0.717) is 0 Å². The Balaban J connectivity index is 2.19. The molecule has 7 nitrogen and oxygen atoms in total. The lowest BCUT2D eigenvalue weighted by Crippen LogP contribution is -2.33. The number of carbonyl (C=O) groups is 1. The van der Waals surface area contributed by atoms with E-state index >= 15 is 0 Å². The van der Waals surface area contributed by atoms with E-state index < -0.39 is 23.0 Å². The average molecular weight is 379 g/mol. The summed E-state index contributed by atoms with van der Waals surface area (Å²) < 4.78 is 5.86. The van der Waals surface area contributed by atoms with Gasteiger partial charge in [-0.25, -0.2) is 9.78 Å². The number of aromatic nitrogens is 2. The van der Waals surface area contributed by atoms with Gasteiger partial charge in [0, 0.05) is 14.1 Å². The number of ether oxygens (including phenoxy) is 1. The fourth-order valence-electron chi connectivity index (χ4n) is 3.16. The van der Waals surface area contributed by atoms with Gasteiger partial charge in [0.1, 0.15) is 0 Å². The number of aromatic hydroxyl groups is 1. The lowest BCUT2D eigenvalue weighted by Gasteiger charge is -2.31. The standard InChI is InChI=1S/C21H21N3O4/c1-23(21-22-16(20(27)28-3)18(25)19(26)24(21)2)17(14-10-6-4-7-11-14)15-12-8-5-9-13-15/h4-13,17,25H,1-3H3. The highest BCUT2D eigenvalue weighted by atomic mass is 16.5. The number of benzene rings is 2. The molecule has 1 N–H and O–H groups in total. The number of nitrogens with zero attached hydrogens (tertiary/aromatic N) is 3. The molecule has 0 spiro atoms. The zero-order valence-electron chi connectivity index (χ0n) is 15.9. The second kappa shape index (κ2) is 7.96. The minimum Gasteiger partial charge on any atom is -0.501 e. The Morgan fingerprint density at radius 1 is 1.07 bits per heavy atom. The van der Waals surface area contributed by atoms with Crippen molar-refractivity contribution in [1.29, 1.82) is 0 Å². The van der Waals surface area contributed by atoms with Crippen molar-refractivity contribution in [2.24, 2.45) is 7.05 Å². The zero-order valence-corrected chi connectivity index (χ0v) is 15.9. The van der Waals surface area contributed by atoms with Crippen LogP contribution in [0.4, 0.5) is 5.95 Å². The molecule has 1 aromatic heterocycles. The molecule has 0 unspecified atom stereocenters. The molecule has 0 bridgehead atoms. The lowest BCUT2D eigenvalue weighted by molar-refractivity contribution is 0.0589. The average Bonchev–Trinajstić information content (AvgIpc) is 2.73. The van der Waals surface area contributed by atoms with E-state index in [9.17, 15) is 14.7 Å². The van der Waals surface area contributed by atoms with Gasteiger partial charge in [-0.15, -0.1) is 0 Å². The van der Waals surface area contributed by atoms with Crippen LogP contribution in [0.2, 0.25) is 0 Å². The minimum atomic E-state index is -0.874. The molecule has 0 radical (unpaired) electrons. The van der Waals surface area contributed by atoms with Crippen LogP contribution < -0.4 is 10.5 Å². The molecule has 144 valence electrons. The van der Waals surface area contributed by atoms with Gasteiger partial charge in [-0.3, -0.25) is 9.36 Å². The Morgan fingerprint density at radius 3 is 2.04 bits per heavy atom. The topological polar surface area (TPSA) is 84.7 Å². The van der Waals surface area contributed by atoms with Gasteiger partial charge in [0.2, 0.25) is 11.7 Å². The largest absolute Gasteiger partial charge is 0.501 e. The van der Waals surface area contributed by atoms with Crippen LogP contribution in [-0.4, -0.2) is 34.8 Å². The zero-order chi connectivity index (χ0) is 20.3. The number of hydrogen-bond acceptors (Lipinski definition) is 6. The highest BCUT2D eigenvalue weighted by Gasteiger charge is 2.27. The summed E-state index contributed by atoms with van der Waals surface area (Å²) in [6.07, 6.45) is 0. The first-order valence-electron chi connectivity index (χ1n) is 8.66. The molecule has 28 heavy (non-hydrogen) atoms. The predicted octanol–water partition coefficient (Wildman–Crippen LogP) is 2.50. The van der Waals surface area contributed by atoms with Gasteiger partial charge in [0.15, 0.2) is 5.69 Å². The second-order valence-corrected chi connectivity index (χ2v) is 6.30. The van der Waals surface area contributed by atoms with Crippen molar-refractivity contribution >= 4 is 11.9 Å². The monoisotopic (exact) mass is 379 g/mol. The SMILES string of the molecule is COC(=O)c1nc(N(C)C(c2ccccc2)c2ccccc2)n(C)c(=O)c1O. The van der Waals surface area contributed by atoms with Crippen molar-refractivity contribution in [3.05, 3.63) is 87.8 Å². The third-order valence-electron chi connectivity index (χ3n) is 4.56. The van der Waals surface area contributed by atoms with E-state index in [1.807, 2.05) is 60.7 Å². The molecule has 3 rings (SSSR count). The molecule has 0 saturated heterocycles. The molecule has 0 aliphatic heterocycles. The number of anilines is 1. The summed E-state index contributed by atoms with van der Waals surface area (Å²) in [7, 11) is 4.45. The molecule has 0 fully saturated rings. The van der Waals surface area contributed by atoms with Crippen molar-refractivity contribution in [2.75, 3.05) is 19.1 Å². The minimum absolute atomic E-state index is 0.223. The third kappa shape index (κ3) is 3.46. The quantitative estimate of drug-likeness (QED) is 0.686. The van der Waals surface area contributed by atoms with Gasteiger partial charge >= 0.3 is 5.97 Å². The van der Waals surface area contributed by atoms with Crippen LogP contribution in [0.3, 0.4) is 0 Å². The van der Waals surface area contributed by atoms with E-state index in [2.05, 4.69) is 9.72 Å². The van der Waals surface area contributed by atoms with Crippen LogP contribution in [0, 0.1) is 0 Å². The van der Waals surface area contributed by atoms with Crippen molar-refractivity contribution < 1.29 is 14.6 Å². The number of esters is 1. The van der Waals surface area contributed by atoms with Gasteiger partial charge in [0.05, 0.1) is 13.2 Å². The highest BCUT2D eigenvalue weighted by molar-refractivity contribution is 5.90. The molecular weight excluding hydrogens is 358 g/mol. The first-order chi connectivity index (χ1) is 13.5. The van der Waals surface area contributed by atoms with Crippen LogP contribution in [0.15, 0.2) is 65.5 Å². The first-order valence-corrected chi connectivity index (χ1v) is 8.66. The Bertz CT molecular complexity index is 993. The third-order valence-corrected chi connectivity index (χ3v) is 4.56. The van der Waals surface area contributed by atoms with Crippen LogP contribution in [0.25, 0.3) is 0 Å². The summed E-state index contributed by atoms with van der Waals surface area (Å²) in [5.41, 5.74) is 0.834. The Hall–Kier alpha value is -3.61. The summed E-state index contributed by atoms with van der Waals surface area (Å²) in [5, 5.41) is 10.0. The van der Waals surface area contributed by atoms with E-state index in [1.54, 1.807) is 11.9 Å². The summed E-state index contributed by atoms with van der Waals surface area (Å²) in [5.74, 6) is -1.38. The molecule has 7 heteroatoms. The molecule has 0 amide bonds. The van der Waals surface area contributed by atoms with E-state index in [1.165, 1.54) is 18.7 Å². The summed E-state index contributed by atoms with van der Waals surface area (Å²) in [6.45, 7) is 0. The summed E-state index contributed by atoms with van der Waals surface area (Å²) in [6, 6.07) is 19.2. The van der Waals surface area contributed by atoms with Crippen LogP contribution in [0.1, 0.15) is 27.7 Å². The van der Waals surface area contributed by atoms with Crippen LogP contribution >= 0.6 is 0 Å². The second-order valence-electron chi connectivity index (χ2n) is 6.30. The molecule has 0 aliphatic carbocycles. The maximum Gasteiger partial charge on any atom is 0.360 e. The number of hydrogen-bond donors (Lipinski definition) is 1. The van der Waals surface area contributed by atoms with Gasteiger partial charge in [0.25, 0.3) is 5.56 Å². The van der Waals surface area contributed by atoms with Crippen molar-refractivity contribution in [1.82, 2.24) is 9.55 Å². The molecule has 2 aromatic carbocycles. The number of methoxy groups -OCH3 is 1. The van der Waals surface area contributed by atoms with Gasteiger partial charge in [-0.2, -0.15) is 0 Å². The Labute approximate surface area is 162 Å². The predicted molar refractivity (Wildman–Crippen MR) is 106 cm³/mol. The summed E-state index contributed by atoms with van der Waals surface area (Å²) in [4.78, 5) is 30.5. The highest BCUT2D eigenvalue weighted by Crippen LogP contribution is 2.30. The molecule has 3 aromatic rings. The summed E-state index contributed by atoms with van der Waals surface area (Å²) >= 11 is 0. The number of carbonyl (C=O) groups excluding carboxylic acids is 1. The lowest BCUT2D eigenvalue weighted by atomic mass is 9.98. The Kier molecular flexibility index (Phi) is 5.44. The first kappa shape index (κ1) is 19.2. The van der Waals surface area contributed by atoms with Gasteiger partial charge < -0.3 is 14.7 Å². The van der Waals surface area contributed by atoms with Crippen molar-refractivity contribution in [2.45, 2.75) is 6.04 Å². The van der Waals surface area contributed by atoms with Crippen LogP contribution in [-0.2, 0) is 11.8 Å². The van der Waals surface area contributed by atoms with E-state index in [-0.39, 0.29) is 12.0 Å².